The van der Waals surface area contributed by atoms with Crippen LogP contribution in [-0.2, 0) is 10.4 Å². The Labute approximate surface area is 130 Å². The number of phenolic OH excluding ortho intramolecular Hbond substituents is 1. The highest BCUT2D eigenvalue weighted by Crippen LogP contribution is 2.45. The van der Waals surface area contributed by atoms with Gasteiger partial charge in [0.25, 0.3) is 5.91 Å². The van der Waals surface area contributed by atoms with Crippen LogP contribution >= 0.6 is 15.9 Å². The number of carbonyl (C=O) groups is 1. The van der Waals surface area contributed by atoms with Crippen molar-refractivity contribution in [3.8, 4) is 5.75 Å². The normalized spacial score (nSPS) is 20.3. The minimum Gasteiger partial charge on any atom is -0.508 e. The van der Waals surface area contributed by atoms with Gasteiger partial charge in [-0.3, -0.25) is 4.79 Å². The fourth-order valence-corrected chi connectivity index (χ4v) is 2.99. The summed E-state index contributed by atoms with van der Waals surface area (Å²) < 4.78 is 0.801. The molecule has 0 aliphatic carbocycles. The van der Waals surface area contributed by atoms with E-state index in [9.17, 15) is 15.0 Å². The number of nitrogens with one attached hydrogen (secondary N) is 1. The van der Waals surface area contributed by atoms with Crippen LogP contribution in [0.1, 0.15) is 22.3 Å². The summed E-state index contributed by atoms with van der Waals surface area (Å²) in [7, 11) is 0. The summed E-state index contributed by atoms with van der Waals surface area (Å²) in [6.07, 6.45) is 0. The number of phenols is 1. The number of aromatic hydroxyl groups is 1. The van der Waals surface area contributed by atoms with Gasteiger partial charge < -0.3 is 15.5 Å². The van der Waals surface area contributed by atoms with Crippen molar-refractivity contribution in [3.05, 3.63) is 57.1 Å². The highest BCUT2D eigenvalue weighted by atomic mass is 79.9. The van der Waals surface area contributed by atoms with Crippen molar-refractivity contribution >= 4 is 27.5 Å². The summed E-state index contributed by atoms with van der Waals surface area (Å²) >= 11 is 3.33. The number of halogens is 1. The molecule has 2 aromatic rings. The molecule has 0 fully saturated rings. The van der Waals surface area contributed by atoms with Crippen molar-refractivity contribution in [2.24, 2.45) is 0 Å². The molecule has 21 heavy (non-hydrogen) atoms. The summed E-state index contributed by atoms with van der Waals surface area (Å²) in [6.45, 7) is 3.74. The van der Waals surface area contributed by atoms with Gasteiger partial charge in [-0.25, -0.2) is 0 Å². The lowest BCUT2D eigenvalue weighted by molar-refractivity contribution is -0.129. The molecule has 1 atom stereocenters. The van der Waals surface area contributed by atoms with Crippen molar-refractivity contribution < 1.29 is 15.0 Å². The quantitative estimate of drug-likeness (QED) is 0.742. The Balaban J connectivity index is 2.27. The van der Waals surface area contributed by atoms with Crippen LogP contribution in [0.25, 0.3) is 0 Å². The topological polar surface area (TPSA) is 69.6 Å². The third kappa shape index (κ3) is 1.96. The van der Waals surface area contributed by atoms with Gasteiger partial charge in [0.2, 0.25) is 0 Å². The van der Waals surface area contributed by atoms with Crippen LogP contribution in [0.2, 0.25) is 0 Å². The smallest absolute Gasteiger partial charge is 0.266 e. The first-order valence-electron chi connectivity index (χ1n) is 6.48. The maximum absolute atomic E-state index is 12.3. The number of hydrogen-bond acceptors (Lipinski definition) is 3. The second-order valence-electron chi connectivity index (χ2n) is 5.31. The molecule has 1 amide bonds. The third-order valence-corrected chi connectivity index (χ3v) is 4.44. The van der Waals surface area contributed by atoms with Crippen LogP contribution in [-0.4, -0.2) is 16.1 Å². The van der Waals surface area contributed by atoms with E-state index in [0.717, 1.165) is 15.6 Å². The minimum atomic E-state index is -1.88. The molecule has 3 N–H and O–H groups in total. The molecule has 1 heterocycles. The summed E-state index contributed by atoms with van der Waals surface area (Å²) in [5, 5.41) is 23.8. The lowest BCUT2D eigenvalue weighted by Crippen LogP contribution is -2.35. The molecule has 0 saturated carbocycles. The van der Waals surface area contributed by atoms with Gasteiger partial charge >= 0.3 is 0 Å². The molecule has 0 radical (unpaired) electrons. The predicted octanol–water partition coefficient (Wildman–Crippen LogP) is 2.96. The van der Waals surface area contributed by atoms with Gasteiger partial charge in [-0.15, -0.1) is 0 Å². The van der Waals surface area contributed by atoms with Crippen molar-refractivity contribution in [3.63, 3.8) is 0 Å². The summed E-state index contributed by atoms with van der Waals surface area (Å²) in [5.74, 6) is -0.652. The zero-order chi connectivity index (χ0) is 15.4. The van der Waals surface area contributed by atoms with Crippen molar-refractivity contribution in [2.45, 2.75) is 19.4 Å². The third-order valence-electron chi connectivity index (χ3n) is 3.95. The maximum atomic E-state index is 12.3. The first-order valence-corrected chi connectivity index (χ1v) is 7.28. The Morgan fingerprint density at radius 3 is 2.48 bits per heavy atom. The average Bonchev–Trinajstić information content (AvgIpc) is 2.66. The molecule has 0 bridgehead atoms. The molecular weight excluding hydrogens is 334 g/mol. The van der Waals surface area contributed by atoms with Gasteiger partial charge in [-0.05, 0) is 49.2 Å². The SMILES string of the molecule is Cc1cc(O)c([C@@]2(O)C(=O)Nc3cc(Br)ccc32)cc1C. The van der Waals surface area contributed by atoms with E-state index in [1.54, 1.807) is 30.3 Å². The number of aryl methyl sites for hydroxylation is 2. The van der Waals surface area contributed by atoms with E-state index in [1.807, 2.05) is 13.8 Å². The Hall–Kier alpha value is -1.85. The highest BCUT2D eigenvalue weighted by molar-refractivity contribution is 9.10. The minimum absolute atomic E-state index is 0.0912. The zero-order valence-electron chi connectivity index (χ0n) is 11.6. The lowest BCUT2D eigenvalue weighted by Gasteiger charge is -2.23. The Bertz CT molecular complexity index is 772. The maximum Gasteiger partial charge on any atom is 0.266 e. The first kappa shape index (κ1) is 14.1. The molecule has 1 aliphatic heterocycles. The lowest BCUT2D eigenvalue weighted by atomic mass is 9.85. The van der Waals surface area contributed by atoms with Gasteiger partial charge in [0.05, 0.1) is 0 Å². The zero-order valence-corrected chi connectivity index (χ0v) is 13.2. The van der Waals surface area contributed by atoms with Crippen molar-refractivity contribution in [1.29, 1.82) is 0 Å². The van der Waals surface area contributed by atoms with Gasteiger partial charge in [0.15, 0.2) is 5.60 Å². The van der Waals surface area contributed by atoms with E-state index < -0.39 is 11.5 Å². The number of fused-ring (bicyclic) bond motifs is 1. The molecule has 2 aromatic carbocycles. The fourth-order valence-electron chi connectivity index (χ4n) is 2.63. The number of amides is 1. The number of aliphatic hydroxyl groups is 1. The van der Waals surface area contributed by atoms with Gasteiger partial charge in [-0.1, -0.05) is 22.0 Å². The van der Waals surface area contributed by atoms with E-state index in [0.29, 0.717) is 11.3 Å². The monoisotopic (exact) mass is 347 g/mol. The Kier molecular flexibility index (Phi) is 3.07. The van der Waals surface area contributed by atoms with Crippen LogP contribution in [0.4, 0.5) is 5.69 Å². The van der Waals surface area contributed by atoms with Crippen LogP contribution in [0.15, 0.2) is 34.8 Å². The van der Waals surface area contributed by atoms with Gasteiger partial charge in [-0.2, -0.15) is 0 Å². The molecule has 0 aromatic heterocycles. The first-order chi connectivity index (χ1) is 9.84. The van der Waals surface area contributed by atoms with Crippen LogP contribution in [0, 0.1) is 13.8 Å². The summed E-state index contributed by atoms with van der Waals surface area (Å²) in [5.41, 5.74) is 1.09. The molecular formula is C16H14BrNO3. The second kappa shape index (κ2) is 4.58. The van der Waals surface area contributed by atoms with E-state index >= 15 is 0 Å². The van der Waals surface area contributed by atoms with Gasteiger partial charge in [0, 0.05) is 21.3 Å². The Morgan fingerprint density at radius 2 is 1.76 bits per heavy atom. The Morgan fingerprint density at radius 1 is 1.10 bits per heavy atom. The highest BCUT2D eigenvalue weighted by Gasteiger charge is 2.48. The van der Waals surface area contributed by atoms with Gasteiger partial charge in [0.1, 0.15) is 5.75 Å². The molecule has 0 unspecified atom stereocenters. The average molecular weight is 348 g/mol. The van der Waals surface area contributed by atoms with E-state index in [4.69, 9.17) is 0 Å². The number of rotatable bonds is 1. The van der Waals surface area contributed by atoms with E-state index in [-0.39, 0.29) is 11.3 Å². The van der Waals surface area contributed by atoms with E-state index in [2.05, 4.69) is 21.2 Å². The standard InChI is InChI=1S/C16H14BrNO3/c1-8-5-12(14(19)6-9(8)2)16(21)11-4-3-10(17)7-13(11)18-15(16)20/h3-7,19,21H,1-2H3,(H,18,20)/t16-/m1/s1. The fraction of sp³-hybridized carbons (Fsp3) is 0.188. The largest absolute Gasteiger partial charge is 0.508 e. The van der Waals surface area contributed by atoms with Crippen molar-refractivity contribution in [1.82, 2.24) is 0 Å². The molecule has 3 rings (SSSR count). The molecule has 0 saturated heterocycles. The molecule has 1 aliphatic rings. The second-order valence-corrected chi connectivity index (χ2v) is 6.22. The predicted molar refractivity (Wildman–Crippen MR) is 83.4 cm³/mol. The number of hydrogen-bond donors (Lipinski definition) is 3. The molecule has 0 spiro atoms. The van der Waals surface area contributed by atoms with E-state index in [1.165, 1.54) is 0 Å². The number of carbonyl (C=O) groups excluding carboxylic acids is 1. The molecule has 108 valence electrons. The molecule has 4 nitrogen and oxygen atoms in total. The van der Waals surface area contributed by atoms with Crippen LogP contribution in [0.3, 0.4) is 0 Å². The summed E-state index contributed by atoms with van der Waals surface area (Å²) in [6, 6.07) is 8.37. The number of benzene rings is 2. The molecule has 5 heteroatoms. The number of anilines is 1. The van der Waals surface area contributed by atoms with Crippen LogP contribution < -0.4 is 5.32 Å². The summed E-state index contributed by atoms with van der Waals surface area (Å²) in [4.78, 5) is 12.3. The van der Waals surface area contributed by atoms with Crippen LogP contribution in [0.5, 0.6) is 5.75 Å². The van der Waals surface area contributed by atoms with Crippen molar-refractivity contribution in [2.75, 3.05) is 5.32 Å².